The fourth-order valence-corrected chi connectivity index (χ4v) is 5.34. The lowest BCUT2D eigenvalue weighted by molar-refractivity contribution is 0.961. The molecule has 31 heavy (non-hydrogen) atoms. The van der Waals surface area contributed by atoms with E-state index in [4.69, 9.17) is 28.2 Å². The Hall–Kier alpha value is -2.31. The summed E-state index contributed by atoms with van der Waals surface area (Å²) < 4.78 is 0. The summed E-state index contributed by atoms with van der Waals surface area (Å²) in [6.07, 6.45) is 1.59. The highest BCUT2D eigenvalue weighted by Gasteiger charge is 2.23. The normalized spacial score (nSPS) is 12.5. The van der Waals surface area contributed by atoms with E-state index >= 15 is 0 Å². The Bertz CT molecular complexity index is 1300. The van der Waals surface area contributed by atoms with Gasteiger partial charge in [0.15, 0.2) is 0 Å². The topological polar surface area (TPSA) is 38.1 Å². The number of halogens is 2. The summed E-state index contributed by atoms with van der Waals surface area (Å²) >= 11 is 15.5. The lowest BCUT2D eigenvalue weighted by Crippen LogP contribution is -2.04. The maximum atomic E-state index is 6.36. The van der Waals surface area contributed by atoms with Crippen LogP contribution in [0.2, 0.25) is 10.0 Å². The first-order valence-corrected chi connectivity index (χ1v) is 11.9. The molecule has 0 fully saturated rings. The molecule has 3 nitrogen and oxygen atoms in total. The molecule has 0 bridgehead atoms. The van der Waals surface area contributed by atoms with Crippen molar-refractivity contribution >= 4 is 58.1 Å². The van der Waals surface area contributed by atoms with Gasteiger partial charge in [-0.1, -0.05) is 76.6 Å². The highest BCUT2D eigenvalue weighted by atomic mass is 35.5. The van der Waals surface area contributed by atoms with Gasteiger partial charge in [0.1, 0.15) is 22.1 Å². The van der Waals surface area contributed by atoms with Gasteiger partial charge in [0, 0.05) is 31.0 Å². The molecule has 0 aliphatic carbocycles. The predicted octanol–water partition coefficient (Wildman–Crippen LogP) is 7.88. The zero-order valence-electron chi connectivity index (χ0n) is 16.3. The Morgan fingerprint density at radius 1 is 0.839 bits per heavy atom. The maximum absolute atomic E-state index is 6.36. The molecule has 1 aliphatic rings. The van der Waals surface area contributed by atoms with Gasteiger partial charge in [0.2, 0.25) is 0 Å². The van der Waals surface area contributed by atoms with Crippen LogP contribution in [-0.2, 0) is 0 Å². The van der Waals surface area contributed by atoms with Crippen LogP contribution in [0.3, 0.4) is 0 Å². The molecule has 0 spiro atoms. The van der Waals surface area contributed by atoms with Crippen LogP contribution in [-0.4, -0.2) is 15.7 Å². The highest BCUT2D eigenvalue weighted by Crippen LogP contribution is 2.45. The third kappa shape index (κ3) is 4.37. The molecule has 4 aromatic rings. The second-order valence-corrected chi connectivity index (χ2v) is 9.92. The molecular formula is C24H15Cl2N3S2. The monoisotopic (exact) mass is 479 g/mol. The second-order valence-electron chi connectivity index (χ2n) is 6.96. The molecule has 5 rings (SSSR count). The zero-order chi connectivity index (χ0) is 21.4. The van der Waals surface area contributed by atoms with Crippen LogP contribution >= 0.6 is 46.7 Å². The van der Waals surface area contributed by atoms with Gasteiger partial charge in [0.05, 0.1) is 5.71 Å². The minimum Gasteiger partial charge on any atom is -0.242 e. The molecule has 3 aromatic carbocycles. The van der Waals surface area contributed by atoms with Crippen molar-refractivity contribution in [2.75, 3.05) is 0 Å². The van der Waals surface area contributed by atoms with Crippen LogP contribution in [0.4, 0.5) is 5.69 Å². The van der Waals surface area contributed by atoms with E-state index in [1.807, 2.05) is 42.5 Å². The summed E-state index contributed by atoms with van der Waals surface area (Å²) in [4.78, 5) is 16.3. The average molecular weight is 480 g/mol. The molecule has 1 aromatic heterocycles. The van der Waals surface area contributed by atoms with Gasteiger partial charge >= 0.3 is 0 Å². The first-order chi connectivity index (χ1) is 15.1. The van der Waals surface area contributed by atoms with Crippen molar-refractivity contribution in [2.24, 2.45) is 4.99 Å². The molecule has 0 radical (unpaired) electrons. The minimum absolute atomic E-state index is 0.673. The summed E-state index contributed by atoms with van der Waals surface area (Å²) in [5, 5.41) is 2.99. The molecule has 0 amide bonds. The molecule has 2 heterocycles. The molecule has 0 N–H and O–H groups in total. The number of aliphatic imine (C=N–C) groups is 1. The minimum atomic E-state index is 0.673. The van der Waals surface area contributed by atoms with Gasteiger partial charge in [-0.3, -0.25) is 0 Å². The van der Waals surface area contributed by atoms with Crippen LogP contribution in [0.1, 0.15) is 16.7 Å². The SMILES string of the molecule is Cc1ccc(C2=Nc3c(Sc4ccc(Cl)cc4)ncnc3Sc3ccc(Cl)cc32)cc1. The molecule has 0 unspecified atom stereocenters. The molecule has 7 heteroatoms. The zero-order valence-corrected chi connectivity index (χ0v) is 19.5. The van der Waals surface area contributed by atoms with Crippen molar-refractivity contribution in [1.82, 2.24) is 9.97 Å². The van der Waals surface area contributed by atoms with E-state index in [0.29, 0.717) is 10.0 Å². The van der Waals surface area contributed by atoms with Crippen LogP contribution < -0.4 is 0 Å². The number of benzene rings is 3. The third-order valence-electron chi connectivity index (χ3n) is 4.74. The Kier molecular flexibility index (Phi) is 5.76. The lowest BCUT2D eigenvalue weighted by Gasteiger charge is -2.10. The van der Waals surface area contributed by atoms with Crippen molar-refractivity contribution in [3.8, 4) is 0 Å². The van der Waals surface area contributed by atoms with Crippen molar-refractivity contribution in [3.05, 3.63) is 99.8 Å². The van der Waals surface area contributed by atoms with E-state index in [9.17, 15) is 0 Å². The molecule has 0 saturated carbocycles. The van der Waals surface area contributed by atoms with Gasteiger partial charge in [-0.25, -0.2) is 15.0 Å². The number of fused-ring (bicyclic) bond motifs is 2. The van der Waals surface area contributed by atoms with Gasteiger partial charge in [-0.15, -0.1) is 0 Å². The van der Waals surface area contributed by atoms with Crippen molar-refractivity contribution in [2.45, 2.75) is 26.8 Å². The smallest absolute Gasteiger partial charge is 0.131 e. The standard InChI is InChI=1S/C24H15Cl2N3S2/c1-14-2-4-15(5-3-14)21-19-12-17(26)8-11-20(19)31-24-22(29-21)23(27-13-28-24)30-18-9-6-16(25)7-10-18/h2-13H,1H3. The summed E-state index contributed by atoms with van der Waals surface area (Å²) in [5.41, 5.74) is 4.82. The Labute approximate surface area is 199 Å². The molecule has 0 atom stereocenters. The summed E-state index contributed by atoms with van der Waals surface area (Å²) in [5.74, 6) is 0. The number of nitrogens with zero attached hydrogens (tertiary/aromatic N) is 3. The quantitative estimate of drug-likeness (QED) is 0.246. The first-order valence-electron chi connectivity index (χ1n) is 9.49. The van der Waals surface area contributed by atoms with E-state index in [0.717, 1.165) is 42.4 Å². The fourth-order valence-electron chi connectivity index (χ4n) is 3.19. The second kappa shape index (κ2) is 8.67. The van der Waals surface area contributed by atoms with Gasteiger partial charge < -0.3 is 0 Å². The average Bonchev–Trinajstić information content (AvgIpc) is 2.93. The van der Waals surface area contributed by atoms with Crippen LogP contribution in [0.5, 0.6) is 0 Å². The first kappa shape index (κ1) is 20.6. The number of hydrogen-bond acceptors (Lipinski definition) is 5. The Balaban J connectivity index is 1.69. The summed E-state index contributed by atoms with van der Waals surface area (Å²) in [6.45, 7) is 2.07. The van der Waals surface area contributed by atoms with E-state index in [1.54, 1.807) is 29.9 Å². The van der Waals surface area contributed by atoms with Gasteiger partial charge in [-0.05, 0) is 49.4 Å². The third-order valence-corrected chi connectivity index (χ3v) is 7.29. The lowest BCUT2D eigenvalue weighted by atomic mass is 10.0. The molecule has 0 saturated heterocycles. The highest BCUT2D eigenvalue weighted by molar-refractivity contribution is 8.00. The van der Waals surface area contributed by atoms with Crippen molar-refractivity contribution < 1.29 is 0 Å². The van der Waals surface area contributed by atoms with Crippen LogP contribution in [0.15, 0.2) is 97.9 Å². The van der Waals surface area contributed by atoms with Crippen LogP contribution in [0.25, 0.3) is 0 Å². The number of aromatic nitrogens is 2. The fraction of sp³-hybridized carbons (Fsp3) is 0.0417. The number of hydrogen-bond donors (Lipinski definition) is 0. The maximum Gasteiger partial charge on any atom is 0.131 e. The largest absolute Gasteiger partial charge is 0.242 e. The molecule has 1 aliphatic heterocycles. The van der Waals surface area contributed by atoms with Gasteiger partial charge in [-0.2, -0.15) is 0 Å². The number of aryl methyl sites for hydroxylation is 1. The Morgan fingerprint density at radius 2 is 1.58 bits per heavy atom. The Morgan fingerprint density at radius 3 is 2.35 bits per heavy atom. The van der Waals surface area contributed by atoms with Gasteiger partial charge in [0.25, 0.3) is 0 Å². The van der Waals surface area contributed by atoms with E-state index < -0.39 is 0 Å². The van der Waals surface area contributed by atoms with E-state index in [2.05, 4.69) is 41.2 Å². The predicted molar refractivity (Wildman–Crippen MR) is 130 cm³/mol. The molecule has 152 valence electrons. The van der Waals surface area contributed by atoms with Crippen LogP contribution in [0, 0.1) is 6.92 Å². The molecular weight excluding hydrogens is 465 g/mol. The summed E-state index contributed by atoms with van der Waals surface area (Å²) in [7, 11) is 0. The van der Waals surface area contributed by atoms with E-state index in [1.165, 1.54) is 5.56 Å². The van der Waals surface area contributed by atoms with Crippen molar-refractivity contribution in [1.29, 1.82) is 0 Å². The van der Waals surface area contributed by atoms with E-state index in [-0.39, 0.29) is 0 Å². The van der Waals surface area contributed by atoms with Crippen molar-refractivity contribution in [3.63, 3.8) is 0 Å². The number of rotatable bonds is 3. The summed E-state index contributed by atoms with van der Waals surface area (Å²) in [6, 6.07) is 21.9.